The van der Waals surface area contributed by atoms with Gasteiger partial charge >= 0.3 is 0 Å². The lowest BCUT2D eigenvalue weighted by Crippen LogP contribution is -2.23. The summed E-state index contributed by atoms with van der Waals surface area (Å²) >= 11 is 0. The number of fused-ring (bicyclic) bond motifs is 1. The van der Waals surface area contributed by atoms with Crippen molar-refractivity contribution in [2.45, 2.75) is 31.7 Å². The maximum absolute atomic E-state index is 10.8. The molecule has 1 atom stereocenters. The van der Waals surface area contributed by atoms with Crippen molar-refractivity contribution in [3.8, 4) is 0 Å². The molecule has 1 unspecified atom stereocenters. The molecular formula is C10H16N4O. The molecule has 82 valence electrons. The van der Waals surface area contributed by atoms with Gasteiger partial charge in [-0.2, -0.15) is 5.10 Å². The Bertz CT molecular complexity index is 371. The Morgan fingerprint density at radius 3 is 3.13 bits per heavy atom. The first-order valence-corrected chi connectivity index (χ1v) is 5.25. The molecule has 0 aliphatic heterocycles. The zero-order valence-corrected chi connectivity index (χ0v) is 8.65. The van der Waals surface area contributed by atoms with E-state index in [4.69, 9.17) is 11.5 Å². The Hall–Kier alpha value is -1.36. The Labute approximate surface area is 88.4 Å². The number of aromatic nitrogens is 2. The second kappa shape index (κ2) is 4.02. The minimum atomic E-state index is -0.351. The Kier molecular flexibility index (Phi) is 2.73. The third-order valence-corrected chi connectivity index (χ3v) is 2.98. The van der Waals surface area contributed by atoms with Gasteiger partial charge < -0.3 is 11.5 Å². The van der Waals surface area contributed by atoms with Crippen LogP contribution in [0, 0.1) is 0 Å². The number of primary amides is 1. The molecule has 5 nitrogen and oxygen atoms in total. The van der Waals surface area contributed by atoms with E-state index in [2.05, 4.69) is 5.10 Å². The van der Waals surface area contributed by atoms with Gasteiger partial charge in [0.15, 0.2) is 0 Å². The van der Waals surface area contributed by atoms with E-state index in [1.165, 1.54) is 5.56 Å². The number of hydrogen-bond acceptors (Lipinski definition) is 3. The second-order valence-corrected chi connectivity index (χ2v) is 4.00. The van der Waals surface area contributed by atoms with Gasteiger partial charge in [-0.15, -0.1) is 0 Å². The summed E-state index contributed by atoms with van der Waals surface area (Å²) in [6.45, 7) is 0.821. The van der Waals surface area contributed by atoms with Gasteiger partial charge in [0.2, 0.25) is 5.91 Å². The largest absolute Gasteiger partial charge is 0.368 e. The fourth-order valence-electron chi connectivity index (χ4n) is 2.24. The topological polar surface area (TPSA) is 86.9 Å². The van der Waals surface area contributed by atoms with Crippen LogP contribution in [0.1, 0.15) is 30.0 Å². The predicted octanol–water partition coefficient (Wildman–Crippen LogP) is -0.253. The second-order valence-electron chi connectivity index (χ2n) is 4.00. The Balaban J connectivity index is 2.29. The smallest absolute Gasteiger partial charge is 0.239 e. The van der Waals surface area contributed by atoms with Crippen LogP contribution in [0.3, 0.4) is 0 Å². The molecule has 0 spiro atoms. The van der Waals surface area contributed by atoms with Crippen molar-refractivity contribution in [1.29, 1.82) is 0 Å². The molecule has 2 rings (SSSR count). The molecule has 1 aliphatic rings. The minimum absolute atomic E-state index is 0.173. The number of nitrogens with zero attached hydrogens (tertiary/aromatic N) is 2. The third-order valence-electron chi connectivity index (χ3n) is 2.98. The van der Waals surface area contributed by atoms with Gasteiger partial charge in [-0.3, -0.25) is 9.48 Å². The summed E-state index contributed by atoms with van der Waals surface area (Å²) in [4.78, 5) is 10.8. The van der Waals surface area contributed by atoms with Gasteiger partial charge in [-0.25, -0.2) is 0 Å². The quantitative estimate of drug-likeness (QED) is 0.718. The van der Waals surface area contributed by atoms with Gasteiger partial charge in [-0.05, 0) is 37.3 Å². The number of carbonyl (C=O) groups is 1. The van der Waals surface area contributed by atoms with Crippen LogP contribution in [0.5, 0.6) is 0 Å². The average Bonchev–Trinajstić information content (AvgIpc) is 2.61. The summed E-state index contributed by atoms with van der Waals surface area (Å²) < 4.78 is 1.71. The molecule has 0 fully saturated rings. The molecule has 0 aromatic carbocycles. The van der Waals surface area contributed by atoms with Crippen LogP contribution >= 0.6 is 0 Å². The standard InChI is InChI=1S/C10H16N4O/c11-4-7-2-1-3-9-8(7)5-13-14(9)6-10(12)15/h5,7H,1-4,6,11H2,(H2,12,15). The highest BCUT2D eigenvalue weighted by Crippen LogP contribution is 2.30. The minimum Gasteiger partial charge on any atom is -0.368 e. The van der Waals surface area contributed by atoms with E-state index in [0.717, 1.165) is 25.0 Å². The zero-order chi connectivity index (χ0) is 10.8. The third kappa shape index (κ3) is 1.87. The maximum Gasteiger partial charge on any atom is 0.239 e. The molecule has 4 N–H and O–H groups in total. The van der Waals surface area contributed by atoms with Crippen LogP contribution < -0.4 is 11.5 Å². The van der Waals surface area contributed by atoms with Crippen molar-refractivity contribution in [1.82, 2.24) is 9.78 Å². The summed E-state index contributed by atoms with van der Waals surface area (Å²) in [6.07, 6.45) is 5.03. The van der Waals surface area contributed by atoms with Gasteiger partial charge in [-0.1, -0.05) is 0 Å². The van der Waals surface area contributed by atoms with Crippen LogP contribution in [0.15, 0.2) is 6.20 Å². The van der Waals surface area contributed by atoms with Gasteiger partial charge in [0.1, 0.15) is 6.54 Å². The van der Waals surface area contributed by atoms with Gasteiger partial charge in [0, 0.05) is 5.69 Å². The average molecular weight is 208 g/mol. The fraction of sp³-hybridized carbons (Fsp3) is 0.600. The number of carbonyl (C=O) groups excluding carboxylic acids is 1. The molecule has 0 saturated heterocycles. The molecule has 0 saturated carbocycles. The van der Waals surface area contributed by atoms with Crippen molar-refractivity contribution in [2.24, 2.45) is 11.5 Å². The lowest BCUT2D eigenvalue weighted by atomic mass is 9.87. The monoisotopic (exact) mass is 208 g/mol. The maximum atomic E-state index is 10.8. The highest BCUT2D eigenvalue weighted by molar-refractivity contribution is 5.73. The highest BCUT2D eigenvalue weighted by Gasteiger charge is 2.23. The molecule has 15 heavy (non-hydrogen) atoms. The number of amides is 1. The predicted molar refractivity (Wildman–Crippen MR) is 56.2 cm³/mol. The lowest BCUT2D eigenvalue weighted by Gasteiger charge is -2.21. The SMILES string of the molecule is NCC1CCCc2c1cnn2CC(N)=O. The lowest BCUT2D eigenvalue weighted by molar-refractivity contribution is -0.118. The van der Waals surface area contributed by atoms with E-state index in [1.54, 1.807) is 4.68 Å². The van der Waals surface area contributed by atoms with Crippen molar-refractivity contribution >= 4 is 5.91 Å². The molecule has 1 heterocycles. The Morgan fingerprint density at radius 2 is 2.47 bits per heavy atom. The Morgan fingerprint density at radius 1 is 1.67 bits per heavy atom. The zero-order valence-electron chi connectivity index (χ0n) is 8.65. The summed E-state index contributed by atoms with van der Waals surface area (Å²) in [6, 6.07) is 0. The first kappa shape index (κ1) is 10.2. The molecule has 1 aliphatic carbocycles. The molecule has 1 amide bonds. The van der Waals surface area contributed by atoms with Crippen molar-refractivity contribution in [2.75, 3.05) is 6.54 Å². The van der Waals surface area contributed by atoms with Gasteiger partial charge in [0.25, 0.3) is 0 Å². The van der Waals surface area contributed by atoms with E-state index in [-0.39, 0.29) is 12.5 Å². The normalized spacial score (nSPS) is 19.9. The summed E-state index contributed by atoms with van der Waals surface area (Å²) in [5.74, 6) is 0.0474. The summed E-state index contributed by atoms with van der Waals surface area (Å²) in [5, 5.41) is 4.20. The van der Waals surface area contributed by atoms with Crippen LogP contribution in [0.25, 0.3) is 0 Å². The van der Waals surface area contributed by atoms with Crippen LogP contribution in [0.4, 0.5) is 0 Å². The van der Waals surface area contributed by atoms with Crippen LogP contribution in [-0.2, 0) is 17.8 Å². The van der Waals surface area contributed by atoms with Crippen molar-refractivity contribution < 1.29 is 4.79 Å². The molecular weight excluding hydrogens is 192 g/mol. The molecule has 5 heteroatoms. The van der Waals surface area contributed by atoms with Crippen LogP contribution in [-0.4, -0.2) is 22.2 Å². The molecule has 1 aromatic heterocycles. The number of hydrogen-bond donors (Lipinski definition) is 2. The van der Waals surface area contributed by atoms with Crippen LogP contribution in [0.2, 0.25) is 0 Å². The van der Waals surface area contributed by atoms with E-state index in [0.29, 0.717) is 12.5 Å². The van der Waals surface area contributed by atoms with E-state index in [1.807, 2.05) is 6.20 Å². The van der Waals surface area contributed by atoms with Crippen molar-refractivity contribution in [3.05, 3.63) is 17.5 Å². The first-order chi connectivity index (χ1) is 7.22. The molecule has 0 bridgehead atoms. The summed E-state index contributed by atoms with van der Waals surface area (Å²) in [5.41, 5.74) is 13.2. The van der Waals surface area contributed by atoms with Gasteiger partial charge in [0.05, 0.1) is 6.20 Å². The molecule has 0 radical (unpaired) electrons. The summed E-state index contributed by atoms with van der Waals surface area (Å²) in [7, 11) is 0. The number of nitrogens with two attached hydrogens (primary N) is 2. The molecule has 1 aromatic rings. The highest BCUT2D eigenvalue weighted by atomic mass is 16.1. The van der Waals surface area contributed by atoms with E-state index in [9.17, 15) is 4.79 Å². The first-order valence-electron chi connectivity index (χ1n) is 5.25. The van der Waals surface area contributed by atoms with Crippen molar-refractivity contribution in [3.63, 3.8) is 0 Å². The number of rotatable bonds is 3. The van der Waals surface area contributed by atoms with E-state index >= 15 is 0 Å². The van der Waals surface area contributed by atoms with E-state index < -0.39 is 0 Å². The fourth-order valence-corrected chi connectivity index (χ4v) is 2.24.